The quantitative estimate of drug-likeness (QED) is 0.458. The molecular weight excluding hydrogens is 360 g/mol. The molecule has 0 aliphatic carbocycles. The predicted molar refractivity (Wildman–Crippen MR) is 102 cm³/mol. The number of ether oxygens (including phenoxy) is 4. The number of Topliss-reactive ketones (excluding diaryl/α,β-unsaturated/α-hetero) is 1. The molecule has 0 spiro atoms. The number of hydrogen-bond donors (Lipinski definition) is 0. The van der Waals surface area contributed by atoms with Gasteiger partial charge in [-0.05, 0) is 43.5 Å². The molecule has 2 aliphatic heterocycles. The van der Waals surface area contributed by atoms with Crippen LogP contribution in [0.3, 0.4) is 0 Å². The Morgan fingerprint density at radius 1 is 1.25 bits per heavy atom. The van der Waals surface area contributed by atoms with Crippen molar-refractivity contribution in [1.82, 2.24) is 0 Å². The van der Waals surface area contributed by atoms with Crippen molar-refractivity contribution in [1.29, 1.82) is 0 Å². The van der Waals surface area contributed by atoms with E-state index in [-0.39, 0.29) is 11.5 Å². The fraction of sp³-hybridized carbons (Fsp3) is 0.273. The molecule has 144 valence electrons. The number of carbonyl (C=O) groups is 2. The van der Waals surface area contributed by atoms with Crippen molar-refractivity contribution in [2.24, 2.45) is 0 Å². The molecule has 2 aliphatic rings. The predicted octanol–water partition coefficient (Wildman–Crippen LogP) is 3.70. The van der Waals surface area contributed by atoms with E-state index in [0.29, 0.717) is 41.4 Å². The van der Waals surface area contributed by atoms with E-state index in [9.17, 15) is 9.59 Å². The van der Waals surface area contributed by atoms with Crippen LogP contribution in [0, 0.1) is 6.92 Å². The number of para-hydroxylation sites is 1. The molecule has 0 amide bonds. The maximum Gasteiger partial charge on any atom is 0.340 e. The fourth-order valence-electron chi connectivity index (χ4n) is 3.41. The molecule has 0 aromatic heterocycles. The summed E-state index contributed by atoms with van der Waals surface area (Å²) in [5.41, 5.74) is 1.89. The number of hydrogen-bond acceptors (Lipinski definition) is 6. The molecule has 0 N–H and O–H groups in total. The zero-order valence-corrected chi connectivity index (χ0v) is 15.7. The Morgan fingerprint density at radius 3 is 2.82 bits per heavy atom. The van der Waals surface area contributed by atoms with Gasteiger partial charge < -0.3 is 18.9 Å². The highest BCUT2D eigenvalue weighted by molar-refractivity contribution is 6.15. The van der Waals surface area contributed by atoms with E-state index in [1.54, 1.807) is 32.2 Å². The van der Waals surface area contributed by atoms with E-state index >= 15 is 0 Å². The second kappa shape index (κ2) is 7.48. The molecule has 1 saturated heterocycles. The van der Waals surface area contributed by atoms with Crippen molar-refractivity contribution in [2.45, 2.75) is 25.9 Å². The number of carbonyl (C=O) groups excluding carboxylic acids is 2. The van der Waals surface area contributed by atoms with Gasteiger partial charge >= 0.3 is 5.97 Å². The molecule has 2 aromatic rings. The minimum absolute atomic E-state index is 0.199. The third-order valence-corrected chi connectivity index (χ3v) is 4.78. The van der Waals surface area contributed by atoms with Crippen LogP contribution in [0.25, 0.3) is 6.08 Å². The lowest BCUT2D eigenvalue weighted by Crippen LogP contribution is -2.24. The van der Waals surface area contributed by atoms with Crippen molar-refractivity contribution < 1.29 is 28.5 Å². The molecule has 6 heteroatoms. The van der Waals surface area contributed by atoms with E-state index < -0.39 is 12.1 Å². The first kappa shape index (κ1) is 18.3. The van der Waals surface area contributed by atoms with Gasteiger partial charge in [0.2, 0.25) is 5.78 Å². The van der Waals surface area contributed by atoms with Gasteiger partial charge in [-0.25, -0.2) is 4.79 Å². The summed E-state index contributed by atoms with van der Waals surface area (Å²) in [6, 6.07) is 10.6. The molecule has 0 radical (unpaired) electrons. The Balaban J connectivity index is 1.60. The number of methoxy groups -OCH3 is 1. The van der Waals surface area contributed by atoms with Gasteiger partial charge in [0.05, 0.1) is 12.7 Å². The smallest absolute Gasteiger partial charge is 0.340 e. The summed E-state index contributed by atoms with van der Waals surface area (Å²) in [6.45, 7) is 2.35. The summed E-state index contributed by atoms with van der Waals surface area (Å²) in [6.07, 6.45) is 2.62. The molecule has 28 heavy (non-hydrogen) atoms. The highest BCUT2D eigenvalue weighted by Crippen LogP contribution is 2.38. The normalized spacial score (nSPS) is 19.4. The average molecular weight is 380 g/mol. The van der Waals surface area contributed by atoms with E-state index in [1.807, 2.05) is 24.3 Å². The minimum atomic E-state index is -0.530. The Morgan fingerprint density at radius 2 is 2.07 bits per heavy atom. The summed E-state index contributed by atoms with van der Waals surface area (Å²) < 4.78 is 21.9. The SMILES string of the molecule is COc1ccccc1/C=C1\Oc2cc(OC(=O)C3CCCO3)cc(C)c2C1=O. The van der Waals surface area contributed by atoms with Crippen LogP contribution < -0.4 is 14.2 Å². The standard InChI is InChI=1S/C22H20O6/c1-13-10-15(27-22(24)17-8-5-9-26-17)12-18-20(13)21(23)19(28-18)11-14-6-3-4-7-16(14)25-2/h3-4,6-7,10-12,17H,5,8-9H2,1-2H3/b19-11-. The van der Waals surface area contributed by atoms with Crippen molar-refractivity contribution >= 4 is 17.8 Å². The monoisotopic (exact) mass is 380 g/mol. The number of rotatable bonds is 4. The van der Waals surface area contributed by atoms with E-state index in [0.717, 1.165) is 12.0 Å². The first-order valence-corrected chi connectivity index (χ1v) is 9.12. The number of fused-ring (bicyclic) bond motifs is 1. The summed E-state index contributed by atoms with van der Waals surface area (Å²) in [7, 11) is 1.57. The van der Waals surface area contributed by atoms with Crippen LogP contribution in [0.2, 0.25) is 0 Å². The lowest BCUT2D eigenvalue weighted by atomic mass is 10.0. The third-order valence-electron chi connectivity index (χ3n) is 4.78. The van der Waals surface area contributed by atoms with Crippen molar-refractivity contribution in [2.75, 3.05) is 13.7 Å². The van der Waals surface area contributed by atoms with Gasteiger partial charge in [-0.3, -0.25) is 4.79 Å². The number of aryl methyl sites for hydroxylation is 1. The summed E-state index contributed by atoms with van der Waals surface area (Å²) in [4.78, 5) is 25.0. The molecule has 6 nitrogen and oxygen atoms in total. The molecule has 1 atom stereocenters. The molecule has 0 saturated carbocycles. The minimum Gasteiger partial charge on any atom is -0.496 e. The fourth-order valence-corrected chi connectivity index (χ4v) is 3.41. The van der Waals surface area contributed by atoms with Crippen LogP contribution in [-0.4, -0.2) is 31.6 Å². The molecule has 0 bridgehead atoms. The van der Waals surface area contributed by atoms with Gasteiger partial charge in [0.25, 0.3) is 0 Å². The van der Waals surface area contributed by atoms with Gasteiger partial charge in [0.15, 0.2) is 11.9 Å². The van der Waals surface area contributed by atoms with Gasteiger partial charge in [0.1, 0.15) is 17.2 Å². The molecule has 2 aromatic carbocycles. The maximum atomic E-state index is 12.8. The zero-order valence-electron chi connectivity index (χ0n) is 15.7. The Bertz CT molecular complexity index is 969. The molecule has 1 unspecified atom stereocenters. The molecule has 4 rings (SSSR count). The largest absolute Gasteiger partial charge is 0.496 e. The van der Waals surface area contributed by atoms with Gasteiger partial charge in [-0.2, -0.15) is 0 Å². The van der Waals surface area contributed by atoms with Crippen molar-refractivity contribution in [3.63, 3.8) is 0 Å². The van der Waals surface area contributed by atoms with E-state index in [2.05, 4.69) is 0 Å². The zero-order chi connectivity index (χ0) is 19.7. The topological polar surface area (TPSA) is 71.1 Å². The second-order valence-electron chi connectivity index (χ2n) is 6.72. The van der Waals surface area contributed by atoms with E-state index in [1.165, 1.54) is 0 Å². The second-order valence-corrected chi connectivity index (χ2v) is 6.72. The Kier molecular flexibility index (Phi) is 4.88. The van der Waals surface area contributed by atoms with E-state index in [4.69, 9.17) is 18.9 Å². The number of esters is 1. The lowest BCUT2D eigenvalue weighted by Gasteiger charge is -2.11. The van der Waals surface area contributed by atoms with Crippen LogP contribution in [0.1, 0.15) is 34.3 Å². The summed E-state index contributed by atoms with van der Waals surface area (Å²) in [5, 5.41) is 0. The highest BCUT2D eigenvalue weighted by Gasteiger charge is 2.31. The van der Waals surface area contributed by atoms with Crippen LogP contribution in [-0.2, 0) is 9.53 Å². The van der Waals surface area contributed by atoms with Crippen LogP contribution in [0.5, 0.6) is 17.2 Å². The van der Waals surface area contributed by atoms with Gasteiger partial charge in [0, 0.05) is 18.2 Å². The number of ketones is 1. The first-order chi connectivity index (χ1) is 13.6. The van der Waals surface area contributed by atoms with Crippen molar-refractivity contribution in [3.8, 4) is 17.2 Å². The maximum absolute atomic E-state index is 12.8. The van der Waals surface area contributed by atoms with Crippen LogP contribution >= 0.6 is 0 Å². The third kappa shape index (κ3) is 3.39. The average Bonchev–Trinajstić information content (AvgIpc) is 3.31. The Labute approximate surface area is 162 Å². The summed E-state index contributed by atoms with van der Waals surface area (Å²) in [5.74, 6) is 0.918. The molecule has 1 fully saturated rings. The first-order valence-electron chi connectivity index (χ1n) is 9.12. The van der Waals surface area contributed by atoms with Crippen molar-refractivity contribution in [3.05, 3.63) is 58.8 Å². The van der Waals surface area contributed by atoms with Crippen LogP contribution in [0.15, 0.2) is 42.2 Å². The summed E-state index contributed by atoms with van der Waals surface area (Å²) >= 11 is 0. The Hall–Kier alpha value is -3.12. The number of benzene rings is 2. The highest BCUT2D eigenvalue weighted by atomic mass is 16.6. The lowest BCUT2D eigenvalue weighted by molar-refractivity contribution is -0.144. The number of allylic oxidation sites excluding steroid dienone is 1. The van der Waals surface area contributed by atoms with Gasteiger partial charge in [-0.1, -0.05) is 18.2 Å². The van der Waals surface area contributed by atoms with Gasteiger partial charge in [-0.15, -0.1) is 0 Å². The van der Waals surface area contributed by atoms with Crippen LogP contribution in [0.4, 0.5) is 0 Å². The molecule has 2 heterocycles. The molecular formula is C22H20O6.